The Morgan fingerprint density at radius 2 is 1.75 bits per heavy atom. The Labute approximate surface area is 210 Å². The Hall–Kier alpha value is -4.33. The Morgan fingerprint density at radius 3 is 2.42 bits per heavy atom. The highest BCUT2D eigenvalue weighted by Gasteiger charge is 2.23. The number of piperidine rings is 1. The number of likely N-dealkylation sites (tertiary alicyclic amines) is 1. The summed E-state index contributed by atoms with van der Waals surface area (Å²) >= 11 is 0. The summed E-state index contributed by atoms with van der Waals surface area (Å²) in [5, 5.41) is 28.5. The van der Waals surface area contributed by atoms with Gasteiger partial charge in [-0.25, -0.2) is 4.79 Å². The smallest absolute Gasteiger partial charge is 0.339 e. The van der Waals surface area contributed by atoms with E-state index in [2.05, 4.69) is 11.4 Å². The van der Waals surface area contributed by atoms with Crippen molar-refractivity contribution in [3.63, 3.8) is 0 Å². The second-order valence-electron chi connectivity index (χ2n) is 8.95. The second kappa shape index (κ2) is 10.9. The number of carboxylic acid groups (broad SMARTS) is 1. The molecule has 0 saturated carbocycles. The Kier molecular flexibility index (Phi) is 7.53. The highest BCUT2D eigenvalue weighted by atomic mass is 16.5. The third-order valence-corrected chi connectivity index (χ3v) is 6.35. The van der Waals surface area contributed by atoms with Gasteiger partial charge in [0.1, 0.15) is 23.3 Å². The molecule has 3 aromatic carbocycles. The van der Waals surface area contributed by atoms with Gasteiger partial charge in [-0.1, -0.05) is 36.4 Å². The highest BCUT2D eigenvalue weighted by Crippen LogP contribution is 2.27. The number of hydrogen-bond donors (Lipinski definition) is 5. The number of benzene rings is 3. The van der Waals surface area contributed by atoms with Crippen LogP contribution in [0.15, 0.2) is 66.7 Å². The topological polar surface area (TPSA) is 136 Å². The van der Waals surface area contributed by atoms with Crippen LogP contribution in [-0.2, 0) is 6.54 Å². The van der Waals surface area contributed by atoms with Gasteiger partial charge in [0.2, 0.25) is 0 Å². The number of hydrogen-bond acceptors (Lipinski definition) is 5. The molecule has 0 spiro atoms. The number of nitrogens with zero attached hydrogens (tertiary/aromatic N) is 1. The van der Waals surface area contributed by atoms with Crippen LogP contribution in [0.5, 0.6) is 5.75 Å². The van der Waals surface area contributed by atoms with Crippen molar-refractivity contribution in [1.29, 1.82) is 10.8 Å². The number of nitrogens with two attached hydrogens (primary N) is 1. The molecular formula is C28H31N5O3. The van der Waals surface area contributed by atoms with Crippen molar-refractivity contribution < 1.29 is 14.6 Å². The molecule has 1 aliphatic rings. The lowest BCUT2D eigenvalue weighted by Gasteiger charge is -2.33. The minimum atomic E-state index is -1.03. The first kappa shape index (κ1) is 24.8. The fourth-order valence-electron chi connectivity index (χ4n) is 4.33. The van der Waals surface area contributed by atoms with Crippen molar-refractivity contribution in [2.24, 2.45) is 5.73 Å². The lowest BCUT2D eigenvalue weighted by molar-refractivity contribution is 0.0684. The van der Waals surface area contributed by atoms with Crippen molar-refractivity contribution >= 4 is 23.3 Å². The highest BCUT2D eigenvalue weighted by molar-refractivity contribution is 5.96. The largest absolute Gasteiger partial charge is 0.489 e. The summed E-state index contributed by atoms with van der Waals surface area (Å²) in [7, 11) is 0. The summed E-state index contributed by atoms with van der Waals surface area (Å²) in [6.45, 7) is 3.76. The Bertz CT molecular complexity index is 1280. The van der Waals surface area contributed by atoms with E-state index in [-0.39, 0.29) is 17.5 Å². The molecule has 4 rings (SSSR count). The van der Waals surface area contributed by atoms with Gasteiger partial charge in [-0.15, -0.1) is 0 Å². The first-order valence-corrected chi connectivity index (χ1v) is 11.9. The zero-order valence-electron chi connectivity index (χ0n) is 20.3. The molecule has 1 aliphatic heterocycles. The Morgan fingerprint density at radius 1 is 1.06 bits per heavy atom. The predicted octanol–water partition coefficient (Wildman–Crippen LogP) is 4.79. The molecule has 0 radical (unpaired) electrons. The summed E-state index contributed by atoms with van der Waals surface area (Å²) in [6.07, 6.45) is 1.43. The molecule has 36 heavy (non-hydrogen) atoms. The SMILES string of the molecule is CC(=N)N1CCC(Oc2ccc(NCc3cccc(-c4cccc(C(=N)N)c4)c3)cc2C(=O)O)CC1. The lowest BCUT2D eigenvalue weighted by Crippen LogP contribution is -2.40. The maximum atomic E-state index is 11.9. The molecule has 8 heteroatoms. The van der Waals surface area contributed by atoms with Crippen LogP contribution in [0.25, 0.3) is 11.1 Å². The van der Waals surface area contributed by atoms with Crippen LogP contribution >= 0.6 is 0 Å². The van der Waals surface area contributed by atoms with E-state index >= 15 is 0 Å². The normalized spacial score (nSPS) is 13.8. The van der Waals surface area contributed by atoms with Gasteiger partial charge in [-0.2, -0.15) is 0 Å². The number of carbonyl (C=O) groups is 1. The molecule has 0 aliphatic carbocycles. The molecule has 0 atom stereocenters. The fraction of sp³-hybridized carbons (Fsp3) is 0.250. The van der Waals surface area contributed by atoms with Gasteiger partial charge in [0, 0.05) is 43.7 Å². The van der Waals surface area contributed by atoms with E-state index in [0.29, 0.717) is 29.4 Å². The van der Waals surface area contributed by atoms with E-state index in [0.717, 1.165) is 42.6 Å². The lowest BCUT2D eigenvalue weighted by atomic mass is 10.0. The fourth-order valence-corrected chi connectivity index (χ4v) is 4.33. The van der Waals surface area contributed by atoms with Crippen LogP contribution in [0.1, 0.15) is 41.3 Å². The molecule has 1 fully saturated rings. The molecule has 0 aromatic heterocycles. The molecule has 8 nitrogen and oxygen atoms in total. The van der Waals surface area contributed by atoms with Crippen LogP contribution in [0, 0.1) is 10.8 Å². The van der Waals surface area contributed by atoms with Crippen molar-refractivity contribution in [2.75, 3.05) is 18.4 Å². The quantitative estimate of drug-likeness (QED) is 0.230. The van der Waals surface area contributed by atoms with E-state index in [1.54, 1.807) is 19.1 Å². The molecule has 0 unspecified atom stereocenters. The monoisotopic (exact) mass is 485 g/mol. The third-order valence-electron chi connectivity index (χ3n) is 6.35. The van der Waals surface area contributed by atoms with Gasteiger partial charge in [0.25, 0.3) is 0 Å². The standard InChI is InChI=1S/C28H31N5O3/c1-18(29)33-12-10-24(11-13-33)36-26-9-8-23(16-25(26)28(34)35)32-17-19-4-2-5-20(14-19)21-6-3-7-22(15-21)27(30)31/h2-9,14-16,24,29,32H,10-13,17H2,1H3,(H3,30,31)(H,34,35). The minimum Gasteiger partial charge on any atom is -0.489 e. The molecule has 1 heterocycles. The summed E-state index contributed by atoms with van der Waals surface area (Å²) < 4.78 is 6.05. The van der Waals surface area contributed by atoms with Crippen LogP contribution in [0.3, 0.4) is 0 Å². The zero-order chi connectivity index (χ0) is 25.7. The van der Waals surface area contributed by atoms with E-state index in [1.165, 1.54) is 0 Å². The predicted molar refractivity (Wildman–Crippen MR) is 142 cm³/mol. The van der Waals surface area contributed by atoms with Crippen molar-refractivity contribution in [1.82, 2.24) is 4.90 Å². The number of rotatable bonds is 8. The summed E-state index contributed by atoms with van der Waals surface area (Å²) in [6, 6.07) is 20.8. The summed E-state index contributed by atoms with van der Waals surface area (Å²) in [5.74, 6) is -0.0901. The molecule has 3 aromatic rings. The van der Waals surface area contributed by atoms with Gasteiger partial charge in [-0.3, -0.25) is 10.8 Å². The average Bonchev–Trinajstić information content (AvgIpc) is 2.88. The van der Waals surface area contributed by atoms with E-state index < -0.39 is 5.97 Å². The number of nitrogens with one attached hydrogen (secondary N) is 3. The van der Waals surface area contributed by atoms with Gasteiger partial charge in [0.15, 0.2) is 0 Å². The minimum absolute atomic E-state index is 0.0308. The number of nitrogen functional groups attached to an aromatic ring is 1. The van der Waals surface area contributed by atoms with Crippen LogP contribution < -0.4 is 15.8 Å². The third kappa shape index (κ3) is 6.02. The van der Waals surface area contributed by atoms with Crippen molar-refractivity contribution in [3.05, 3.63) is 83.4 Å². The maximum Gasteiger partial charge on any atom is 0.339 e. The summed E-state index contributed by atoms with van der Waals surface area (Å²) in [4.78, 5) is 13.9. The molecular weight excluding hydrogens is 454 g/mol. The van der Waals surface area contributed by atoms with E-state index in [9.17, 15) is 9.90 Å². The zero-order valence-corrected chi connectivity index (χ0v) is 20.3. The molecule has 0 amide bonds. The second-order valence-corrected chi connectivity index (χ2v) is 8.95. The first-order chi connectivity index (χ1) is 17.3. The van der Waals surface area contributed by atoms with E-state index in [1.807, 2.05) is 53.4 Å². The van der Waals surface area contributed by atoms with Crippen LogP contribution in [0.4, 0.5) is 5.69 Å². The van der Waals surface area contributed by atoms with E-state index in [4.69, 9.17) is 21.3 Å². The number of carboxylic acids is 1. The van der Waals surface area contributed by atoms with Gasteiger partial charge in [-0.05, 0) is 53.9 Å². The molecule has 186 valence electrons. The summed E-state index contributed by atoms with van der Waals surface area (Å²) in [5.41, 5.74) is 10.1. The van der Waals surface area contributed by atoms with Gasteiger partial charge < -0.3 is 25.8 Å². The average molecular weight is 486 g/mol. The number of amidine groups is 2. The molecule has 1 saturated heterocycles. The maximum absolute atomic E-state index is 11.9. The first-order valence-electron chi connectivity index (χ1n) is 11.9. The van der Waals surface area contributed by atoms with Crippen LogP contribution in [-0.4, -0.2) is 46.8 Å². The van der Waals surface area contributed by atoms with Crippen LogP contribution in [0.2, 0.25) is 0 Å². The molecule has 0 bridgehead atoms. The number of anilines is 1. The number of ether oxygens (including phenoxy) is 1. The van der Waals surface area contributed by atoms with Gasteiger partial charge >= 0.3 is 5.97 Å². The molecule has 6 N–H and O–H groups in total. The van der Waals surface area contributed by atoms with Gasteiger partial charge in [0.05, 0.1) is 5.84 Å². The Balaban J connectivity index is 1.43. The van der Waals surface area contributed by atoms with Crippen molar-refractivity contribution in [2.45, 2.75) is 32.4 Å². The number of aromatic carboxylic acids is 1. The van der Waals surface area contributed by atoms with Crippen molar-refractivity contribution in [3.8, 4) is 16.9 Å².